The molecule has 0 bridgehead atoms. The predicted molar refractivity (Wildman–Crippen MR) is 99.9 cm³/mol. The second-order valence-corrected chi connectivity index (χ2v) is 6.25. The van der Waals surface area contributed by atoms with Crippen molar-refractivity contribution < 1.29 is 19.4 Å². The highest BCUT2D eigenvalue weighted by atomic mass is 16.5. The summed E-state index contributed by atoms with van der Waals surface area (Å²) >= 11 is 0. The third-order valence-electron chi connectivity index (χ3n) is 3.88. The first-order valence-corrected chi connectivity index (χ1v) is 8.41. The highest BCUT2D eigenvalue weighted by Gasteiger charge is 2.19. The molecule has 6 nitrogen and oxygen atoms in total. The zero-order chi connectivity index (χ0) is 18.7. The largest absolute Gasteiger partial charge is 0.507 e. The van der Waals surface area contributed by atoms with Gasteiger partial charge in [0.1, 0.15) is 23.5 Å². The Kier molecular flexibility index (Phi) is 5.14. The average Bonchev–Trinajstić information content (AvgIpc) is 2.60. The minimum absolute atomic E-state index is 0.0192. The summed E-state index contributed by atoms with van der Waals surface area (Å²) in [5.41, 5.74) is 0.327. The smallest absolute Gasteiger partial charge is 0.205 e. The van der Waals surface area contributed by atoms with Crippen molar-refractivity contribution in [2.24, 2.45) is 0 Å². The van der Waals surface area contributed by atoms with E-state index in [9.17, 15) is 15.0 Å². The lowest BCUT2D eigenvalue weighted by Crippen LogP contribution is -2.27. The fraction of sp³-hybridized carbons (Fsp3) is 0.250. The molecule has 0 amide bonds. The molecule has 6 heteroatoms. The molecule has 0 aliphatic carbocycles. The molecule has 26 heavy (non-hydrogen) atoms. The predicted octanol–water partition coefficient (Wildman–Crippen LogP) is 3.25. The number of phenolic OH excluding ortho intramolecular Hbond substituents is 2. The first-order valence-electron chi connectivity index (χ1n) is 8.41. The van der Waals surface area contributed by atoms with Gasteiger partial charge in [0, 0.05) is 30.3 Å². The molecule has 0 unspecified atom stereocenters. The molecule has 0 spiro atoms. The van der Waals surface area contributed by atoms with Crippen LogP contribution in [0, 0.1) is 0 Å². The lowest BCUT2D eigenvalue weighted by atomic mass is 10.1. The van der Waals surface area contributed by atoms with E-state index in [2.05, 4.69) is 5.32 Å². The summed E-state index contributed by atoms with van der Waals surface area (Å²) in [5, 5.41) is 23.4. The van der Waals surface area contributed by atoms with Crippen LogP contribution in [0.15, 0.2) is 51.7 Å². The molecule has 0 atom stereocenters. The van der Waals surface area contributed by atoms with E-state index in [1.165, 1.54) is 6.07 Å². The van der Waals surface area contributed by atoms with Gasteiger partial charge in [0.25, 0.3) is 0 Å². The van der Waals surface area contributed by atoms with Gasteiger partial charge in [-0.25, -0.2) is 0 Å². The van der Waals surface area contributed by atoms with E-state index in [0.29, 0.717) is 23.9 Å². The minimum Gasteiger partial charge on any atom is -0.507 e. The van der Waals surface area contributed by atoms with Crippen molar-refractivity contribution in [1.82, 2.24) is 5.32 Å². The first-order chi connectivity index (χ1) is 12.5. The summed E-state index contributed by atoms with van der Waals surface area (Å²) in [6.45, 7) is 4.85. The van der Waals surface area contributed by atoms with E-state index in [1.807, 2.05) is 32.0 Å². The number of aromatic hydroxyl groups is 2. The van der Waals surface area contributed by atoms with Gasteiger partial charge in [-0.05, 0) is 0 Å². The van der Waals surface area contributed by atoms with Crippen molar-refractivity contribution in [2.45, 2.75) is 19.9 Å². The molecule has 0 fully saturated rings. The van der Waals surface area contributed by atoms with Gasteiger partial charge in [0.15, 0.2) is 16.8 Å². The van der Waals surface area contributed by atoms with Crippen molar-refractivity contribution in [2.75, 3.05) is 13.2 Å². The van der Waals surface area contributed by atoms with Gasteiger partial charge in [-0.15, -0.1) is 0 Å². The normalized spacial score (nSPS) is 11.2. The molecule has 3 N–H and O–H groups in total. The van der Waals surface area contributed by atoms with Gasteiger partial charge in [0.2, 0.25) is 5.75 Å². The van der Waals surface area contributed by atoms with E-state index in [4.69, 9.17) is 9.15 Å². The van der Waals surface area contributed by atoms with Crippen molar-refractivity contribution in [3.63, 3.8) is 0 Å². The summed E-state index contributed by atoms with van der Waals surface area (Å²) in [7, 11) is 0. The van der Waals surface area contributed by atoms with Crippen LogP contribution in [0.3, 0.4) is 0 Å². The Labute approximate surface area is 150 Å². The van der Waals surface area contributed by atoms with E-state index >= 15 is 0 Å². The molecule has 0 aliphatic rings. The Balaban J connectivity index is 2.08. The van der Waals surface area contributed by atoms with Crippen LogP contribution in [0.1, 0.15) is 13.8 Å². The second kappa shape index (κ2) is 7.49. The maximum atomic E-state index is 12.5. The molecule has 2 aromatic carbocycles. The van der Waals surface area contributed by atoms with Gasteiger partial charge in [-0.2, -0.15) is 0 Å². The third-order valence-corrected chi connectivity index (χ3v) is 3.88. The van der Waals surface area contributed by atoms with Gasteiger partial charge in [-0.1, -0.05) is 44.2 Å². The molecule has 0 saturated carbocycles. The highest BCUT2D eigenvalue weighted by Crippen LogP contribution is 2.40. The topological polar surface area (TPSA) is 91.9 Å². The molecule has 0 saturated heterocycles. The monoisotopic (exact) mass is 355 g/mol. The molecule has 3 aromatic rings. The average molecular weight is 355 g/mol. The van der Waals surface area contributed by atoms with Crippen LogP contribution in [0.2, 0.25) is 0 Å². The number of ether oxygens (including phenoxy) is 1. The lowest BCUT2D eigenvalue weighted by molar-refractivity contribution is 0.291. The number of hydrogen-bond donors (Lipinski definition) is 3. The number of rotatable bonds is 6. The standard InChI is InChI=1S/C20H21NO5/c1-12(2)21-8-9-25-19-16(24)10-14(22)18-15(23)11-17(26-20(18)19)13-6-4-3-5-7-13/h3-7,10-12,21-22,24H,8-9H2,1-2H3. The van der Waals surface area contributed by atoms with E-state index < -0.39 is 5.43 Å². The lowest BCUT2D eigenvalue weighted by Gasteiger charge is -2.13. The molecule has 1 heterocycles. The maximum Gasteiger partial charge on any atom is 0.205 e. The van der Waals surface area contributed by atoms with E-state index in [-0.39, 0.29) is 34.8 Å². The summed E-state index contributed by atoms with van der Waals surface area (Å²) in [4.78, 5) is 12.5. The van der Waals surface area contributed by atoms with Crippen LogP contribution >= 0.6 is 0 Å². The fourth-order valence-electron chi connectivity index (χ4n) is 2.66. The highest BCUT2D eigenvalue weighted by molar-refractivity contribution is 5.91. The minimum atomic E-state index is -0.409. The fourth-order valence-corrected chi connectivity index (χ4v) is 2.66. The van der Waals surface area contributed by atoms with Crippen molar-refractivity contribution >= 4 is 11.0 Å². The van der Waals surface area contributed by atoms with Gasteiger partial charge >= 0.3 is 0 Å². The zero-order valence-electron chi connectivity index (χ0n) is 14.7. The summed E-state index contributed by atoms with van der Waals surface area (Å²) in [6, 6.07) is 11.8. The molecule has 3 rings (SSSR count). The molecular weight excluding hydrogens is 334 g/mol. The van der Waals surface area contributed by atoms with Gasteiger partial charge in [-0.3, -0.25) is 4.79 Å². The Morgan fingerprint density at radius 2 is 1.85 bits per heavy atom. The molecule has 0 aliphatic heterocycles. The van der Waals surface area contributed by atoms with Gasteiger partial charge in [0.05, 0.1) is 0 Å². The van der Waals surface area contributed by atoms with Crippen LogP contribution in [0.5, 0.6) is 17.2 Å². The number of phenols is 2. The maximum absolute atomic E-state index is 12.5. The number of hydrogen-bond acceptors (Lipinski definition) is 6. The number of benzene rings is 2. The van der Waals surface area contributed by atoms with Gasteiger partial charge < -0.3 is 24.7 Å². The summed E-state index contributed by atoms with van der Waals surface area (Å²) in [6.07, 6.45) is 0. The van der Waals surface area contributed by atoms with Crippen LogP contribution in [0.25, 0.3) is 22.3 Å². The third kappa shape index (κ3) is 3.65. The first kappa shape index (κ1) is 17.8. The van der Waals surface area contributed by atoms with E-state index in [0.717, 1.165) is 6.07 Å². The quantitative estimate of drug-likeness (QED) is 0.588. The molecule has 136 valence electrons. The summed E-state index contributed by atoms with van der Waals surface area (Å²) in [5.74, 6) is -0.261. The van der Waals surface area contributed by atoms with Crippen LogP contribution < -0.4 is 15.5 Å². The van der Waals surface area contributed by atoms with Crippen molar-refractivity contribution in [3.05, 3.63) is 52.7 Å². The molecule has 1 aromatic heterocycles. The number of nitrogens with one attached hydrogen (secondary N) is 1. The zero-order valence-corrected chi connectivity index (χ0v) is 14.7. The Morgan fingerprint density at radius 3 is 2.54 bits per heavy atom. The SMILES string of the molecule is CC(C)NCCOc1c(O)cc(O)c2c(=O)cc(-c3ccccc3)oc12. The van der Waals surface area contributed by atoms with Crippen LogP contribution in [0.4, 0.5) is 0 Å². The summed E-state index contributed by atoms with van der Waals surface area (Å²) < 4.78 is 11.5. The van der Waals surface area contributed by atoms with Crippen molar-refractivity contribution in [1.29, 1.82) is 0 Å². The Hall–Kier alpha value is -2.99. The van der Waals surface area contributed by atoms with Crippen molar-refractivity contribution in [3.8, 4) is 28.6 Å². The number of fused-ring (bicyclic) bond motifs is 1. The second-order valence-electron chi connectivity index (χ2n) is 6.25. The molecular formula is C20H21NO5. The van der Waals surface area contributed by atoms with Crippen LogP contribution in [-0.2, 0) is 0 Å². The molecule has 0 radical (unpaired) electrons. The Bertz CT molecular complexity index is 963. The Morgan fingerprint density at radius 1 is 1.12 bits per heavy atom. The van der Waals surface area contributed by atoms with Crippen LogP contribution in [-0.4, -0.2) is 29.4 Å². The van der Waals surface area contributed by atoms with E-state index in [1.54, 1.807) is 12.1 Å².